The summed E-state index contributed by atoms with van der Waals surface area (Å²) in [5.74, 6) is 1.80. The van der Waals surface area contributed by atoms with Gasteiger partial charge in [-0.15, -0.1) is 0 Å². The maximum atomic E-state index is 13.4. The maximum Gasteiger partial charge on any atom is 0.223 e. The summed E-state index contributed by atoms with van der Waals surface area (Å²) in [6, 6.07) is 16.9. The first-order valence-corrected chi connectivity index (χ1v) is 17.6. The number of benzene rings is 2. The molecule has 0 atom stereocenters. The third-order valence-corrected chi connectivity index (χ3v) is 9.00. The molecule has 2 N–H and O–H groups in total. The first-order valence-electron chi connectivity index (χ1n) is 17.6. The average Bonchev–Trinajstić information content (AvgIpc) is 3.38. The van der Waals surface area contributed by atoms with Crippen LogP contribution in [-0.4, -0.2) is 30.9 Å². The van der Waals surface area contributed by atoms with Gasteiger partial charge in [0.15, 0.2) is 5.82 Å². The normalized spacial score (nSPS) is 11.9. The average molecular weight is 612 g/mol. The molecule has 45 heavy (non-hydrogen) atoms. The largest absolute Gasteiger partial charge is 0.382 e. The number of hydrogen-bond acceptors (Lipinski definition) is 4. The fraction of sp³-hybridized carbons (Fsp3) is 0.564. The lowest BCUT2D eigenvalue weighted by molar-refractivity contribution is -0.136. The Balaban J connectivity index is 1.40. The number of hydrogen-bond donors (Lipinski definition) is 1. The van der Waals surface area contributed by atoms with E-state index in [2.05, 4.69) is 85.5 Å². The molecular formula is C39H57N5O. The van der Waals surface area contributed by atoms with Crippen molar-refractivity contribution in [2.75, 3.05) is 5.73 Å². The molecule has 2 heterocycles. The predicted octanol–water partition coefficient (Wildman–Crippen LogP) is 10.00. The number of aromatic nitrogens is 3. The Labute approximate surface area is 271 Å². The molecule has 2 aromatic carbocycles. The second kappa shape index (κ2) is 16.8. The third-order valence-electron chi connectivity index (χ3n) is 9.00. The molecule has 0 aliphatic heterocycles. The van der Waals surface area contributed by atoms with Crippen LogP contribution in [0.1, 0.15) is 135 Å². The van der Waals surface area contributed by atoms with Gasteiger partial charge in [-0.1, -0.05) is 121 Å². The lowest BCUT2D eigenvalue weighted by Gasteiger charge is -2.36. The van der Waals surface area contributed by atoms with Crippen molar-refractivity contribution in [1.29, 1.82) is 0 Å². The monoisotopic (exact) mass is 611 g/mol. The molecular weight excluding hydrogens is 554 g/mol. The van der Waals surface area contributed by atoms with Gasteiger partial charge in [0.2, 0.25) is 5.91 Å². The fourth-order valence-electron chi connectivity index (χ4n) is 6.31. The van der Waals surface area contributed by atoms with Crippen molar-refractivity contribution in [3.8, 4) is 0 Å². The molecule has 0 bridgehead atoms. The Kier molecular flexibility index (Phi) is 12.8. The Hall–Kier alpha value is -3.41. The summed E-state index contributed by atoms with van der Waals surface area (Å²) in [7, 11) is 0. The van der Waals surface area contributed by atoms with Gasteiger partial charge in [0.05, 0.1) is 11.0 Å². The van der Waals surface area contributed by atoms with Crippen molar-refractivity contribution >= 4 is 33.7 Å². The Morgan fingerprint density at radius 3 is 2.02 bits per heavy atom. The van der Waals surface area contributed by atoms with Crippen molar-refractivity contribution in [3.63, 3.8) is 0 Å². The maximum absolute atomic E-state index is 13.4. The summed E-state index contributed by atoms with van der Waals surface area (Å²) in [5, 5.41) is 1.08. The van der Waals surface area contributed by atoms with Crippen LogP contribution >= 0.6 is 0 Å². The van der Waals surface area contributed by atoms with E-state index in [0.717, 1.165) is 65.4 Å². The number of anilines is 1. The SMILES string of the molecule is CCCCCCCCCCCCC(=O)N(Cc1ccc(Cn2c(CCCC)nc3c(N)nc4ccccc4c32)cc1)C(C)(C)C. The first-order chi connectivity index (χ1) is 21.7. The molecule has 0 fully saturated rings. The summed E-state index contributed by atoms with van der Waals surface area (Å²) < 4.78 is 2.33. The van der Waals surface area contributed by atoms with E-state index in [1.165, 1.54) is 56.9 Å². The molecule has 0 aliphatic carbocycles. The van der Waals surface area contributed by atoms with Gasteiger partial charge in [-0.2, -0.15) is 0 Å². The van der Waals surface area contributed by atoms with E-state index in [1.807, 2.05) is 12.1 Å². The number of imidazole rings is 1. The van der Waals surface area contributed by atoms with Crippen LogP contribution in [0.15, 0.2) is 48.5 Å². The molecule has 0 saturated carbocycles. The van der Waals surface area contributed by atoms with Crippen LogP contribution in [0.2, 0.25) is 0 Å². The predicted molar refractivity (Wildman–Crippen MR) is 190 cm³/mol. The van der Waals surface area contributed by atoms with Crippen molar-refractivity contribution < 1.29 is 4.79 Å². The van der Waals surface area contributed by atoms with Crippen LogP contribution in [0.5, 0.6) is 0 Å². The highest BCUT2D eigenvalue weighted by molar-refractivity contribution is 6.06. The molecule has 6 heteroatoms. The first kappa shape index (κ1) is 34.5. The minimum atomic E-state index is -0.229. The highest BCUT2D eigenvalue weighted by Crippen LogP contribution is 2.30. The van der Waals surface area contributed by atoms with Gasteiger partial charge < -0.3 is 15.2 Å². The van der Waals surface area contributed by atoms with Gasteiger partial charge in [-0.05, 0) is 50.8 Å². The summed E-state index contributed by atoms with van der Waals surface area (Å²) in [4.78, 5) is 25.1. The van der Waals surface area contributed by atoms with Gasteiger partial charge in [0.1, 0.15) is 11.3 Å². The number of unbranched alkanes of at least 4 members (excludes halogenated alkanes) is 10. The van der Waals surface area contributed by atoms with Crippen LogP contribution in [-0.2, 0) is 24.3 Å². The number of rotatable bonds is 18. The second-order valence-corrected chi connectivity index (χ2v) is 13.8. The van der Waals surface area contributed by atoms with E-state index >= 15 is 0 Å². The second-order valence-electron chi connectivity index (χ2n) is 13.8. The highest BCUT2D eigenvalue weighted by Gasteiger charge is 2.26. The molecule has 0 spiro atoms. The van der Waals surface area contributed by atoms with Crippen LogP contribution in [0.4, 0.5) is 5.82 Å². The van der Waals surface area contributed by atoms with Crippen molar-refractivity contribution in [2.45, 2.75) is 143 Å². The molecule has 4 aromatic rings. The number of fused-ring (bicyclic) bond motifs is 3. The lowest BCUT2D eigenvalue weighted by atomic mass is 10.0. The van der Waals surface area contributed by atoms with Gasteiger partial charge in [0.25, 0.3) is 0 Å². The Morgan fingerprint density at radius 2 is 1.38 bits per heavy atom. The molecule has 6 nitrogen and oxygen atoms in total. The molecule has 0 radical (unpaired) electrons. The molecule has 244 valence electrons. The minimum absolute atomic E-state index is 0.229. The quantitative estimate of drug-likeness (QED) is 0.114. The van der Waals surface area contributed by atoms with E-state index < -0.39 is 0 Å². The van der Waals surface area contributed by atoms with Crippen molar-refractivity contribution in [1.82, 2.24) is 19.4 Å². The van der Waals surface area contributed by atoms with Gasteiger partial charge in [0, 0.05) is 36.9 Å². The highest BCUT2D eigenvalue weighted by atomic mass is 16.2. The van der Waals surface area contributed by atoms with E-state index in [9.17, 15) is 4.79 Å². The van der Waals surface area contributed by atoms with Crippen LogP contribution in [0.25, 0.3) is 21.9 Å². The Bertz CT molecular complexity index is 1500. The van der Waals surface area contributed by atoms with E-state index in [4.69, 9.17) is 10.7 Å². The summed E-state index contributed by atoms with van der Waals surface area (Å²) >= 11 is 0. The minimum Gasteiger partial charge on any atom is -0.382 e. The zero-order valence-corrected chi connectivity index (χ0v) is 28.7. The topological polar surface area (TPSA) is 77.0 Å². The smallest absolute Gasteiger partial charge is 0.223 e. The van der Waals surface area contributed by atoms with Crippen LogP contribution in [0.3, 0.4) is 0 Å². The number of carbonyl (C=O) groups is 1. The molecule has 4 rings (SSSR count). The van der Waals surface area contributed by atoms with Gasteiger partial charge in [-0.25, -0.2) is 9.97 Å². The number of nitrogen functional groups attached to an aromatic ring is 1. The number of amides is 1. The molecule has 0 saturated heterocycles. The number of pyridine rings is 1. The van der Waals surface area contributed by atoms with Crippen LogP contribution in [0, 0.1) is 0 Å². The number of para-hydroxylation sites is 1. The number of nitrogens with two attached hydrogens (primary N) is 1. The number of nitrogens with zero attached hydrogens (tertiary/aromatic N) is 4. The van der Waals surface area contributed by atoms with E-state index in [-0.39, 0.29) is 11.4 Å². The number of aryl methyl sites for hydroxylation is 1. The fourth-order valence-corrected chi connectivity index (χ4v) is 6.31. The Morgan fingerprint density at radius 1 is 0.778 bits per heavy atom. The zero-order chi connectivity index (χ0) is 32.2. The van der Waals surface area contributed by atoms with Crippen LogP contribution < -0.4 is 5.73 Å². The summed E-state index contributed by atoms with van der Waals surface area (Å²) in [6.45, 7) is 12.2. The van der Waals surface area contributed by atoms with Crippen molar-refractivity contribution in [2.24, 2.45) is 0 Å². The molecule has 0 aliphatic rings. The summed E-state index contributed by atoms with van der Waals surface area (Å²) in [6.07, 6.45) is 16.5. The number of carbonyl (C=O) groups excluding carboxylic acids is 1. The molecule has 0 unspecified atom stereocenters. The summed E-state index contributed by atoms with van der Waals surface area (Å²) in [5.41, 5.74) is 11.3. The third kappa shape index (κ3) is 9.54. The van der Waals surface area contributed by atoms with Gasteiger partial charge in [-0.3, -0.25) is 4.79 Å². The van der Waals surface area contributed by atoms with E-state index in [0.29, 0.717) is 25.3 Å². The van der Waals surface area contributed by atoms with Gasteiger partial charge >= 0.3 is 0 Å². The standard InChI is InChI=1S/C39H57N5O/c1-6-8-10-11-12-13-14-15-16-17-23-35(45)44(39(3,4)5)29-31-26-24-30(25-27-31)28-43-34(22-9-7-2)42-36-37(43)32-20-18-19-21-33(32)41-38(36)40/h18-21,24-27H,6-17,22-23,28-29H2,1-5H3,(H2,40,41). The van der Waals surface area contributed by atoms with Crippen molar-refractivity contribution in [3.05, 3.63) is 65.5 Å². The van der Waals surface area contributed by atoms with E-state index in [1.54, 1.807) is 0 Å². The molecule has 1 amide bonds. The zero-order valence-electron chi connectivity index (χ0n) is 28.7. The molecule has 2 aromatic heterocycles. The lowest BCUT2D eigenvalue weighted by Crippen LogP contribution is -2.45.